The molecule has 0 spiro atoms. The standard InChI is InChI=1S/C18H21N.ClH/c1-12-10-13(2)16-15(11-12)18(3,4)17(19-16)14-8-6-5-7-9-14;/h5-11,17,19H,1-4H3;1H. The van der Waals surface area contributed by atoms with Crippen LogP contribution in [0.15, 0.2) is 42.5 Å². The van der Waals surface area contributed by atoms with Crippen LogP contribution in [-0.4, -0.2) is 0 Å². The lowest BCUT2D eigenvalue weighted by Gasteiger charge is -2.28. The van der Waals surface area contributed by atoms with Crippen molar-refractivity contribution in [2.24, 2.45) is 0 Å². The number of anilines is 1. The van der Waals surface area contributed by atoms with Crippen molar-refractivity contribution >= 4 is 18.1 Å². The van der Waals surface area contributed by atoms with Crippen molar-refractivity contribution in [3.63, 3.8) is 0 Å². The van der Waals surface area contributed by atoms with E-state index in [1.54, 1.807) is 0 Å². The van der Waals surface area contributed by atoms with E-state index in [4.69, 9.17) is 0 Å². The molecule has 1 N–H and O–H groups in total. The van der Waals surface area contributed by atoms with Gasteiger partial charge in [-0.1, -0.05) is 61.9 Å². The molecule has 1 heterocycles. The van der Waals surface area contributed by atoms with E-state index < -0.39 is 0 Å². The number of hydrogen-bond donors (Lipinski definition) is 1. The average molecular weight is 288 g/mol. The molecule has 0 aliphatic carbocycles. The Morgan fingerprint density at radius 2 is 1.65 bits per heavy atom. The number of halogens is 1. The first-order chi connectivity index (χ1) is 9.00. The monoisotopic (exact) mass is 287 g/mol. The van der Waals surface area contributed by atoms with Gasteiger partial charge in [0.25, 0.3) is 0 Å². The summed E-state index contributed by atoms with van der Waals surface area (Å²) in [6, 6.07) is 15.7. The van der Waals surface area contributed by atoms with Gasteiger partial charge in [-0.25, -0.2) is 0 Å². The molecule has 0 radical (unpaired) electrons. The summed E-state index contributed by atoms with van der Waals surface area (Å²) >= 11 is 0. The minimum Gasteiger partial charge on any atom is -0.377 e. The summed E-state index contributed by atoms with van der Waals surface area (Å²) in [7, 11) is 0. The fourth-order valence-corrected chi connectivity index (χ4v) is 3.29. The number of nitrogens with one attached hydrogen (secondary N) is 1. The molecule has 0 bridgehead atoms. The van der Waals surface area contributed by atoms with Gasteiger partial charge in [0, 0.05) is 11.1 Å². The van der Waals surface area contributed by atoms with Crippen LogP contribution >= 0.6 is 12.4 Å². The molecule has 2 aromatic rings. The molecule has 3 rings (SSSR count). The van der Waals surface area contributed by atoms with E-state index in [1.165, 1.54) is 27.9 Å². The van der Waals surface area contributed by atoms with Gasteiger partial charge < -0.3 is 5.32 Å². The lowest BCUT2D eigenvalue weighted by molar-refractivity contribution is 0.474. The summed E-state index contributed by atoms with van der Waals surface area (Å²) < 4.78 is 0. The van der Waals surface area contributed by atoms with E-state index in [1.807, 2.05) is 0 Å². The Hall–Kier alpha value is -1.47. The summed E-state index contributed by atoms with van der Waals surface area (Å²) in [5.41, 5.74) is 6.94. The Morgan fingerprint density at radius 3 is 2.30 bits per heavy atom. The summed E-state index contributed by atoms with van der Waals surface area (Å²) in [6.07, 6.45) is 0. The third-order valence-electron chi connectivity index (χ3n) is 4.32. The maximum absolute atomic E-state index is 3.74. The largest absolute Gasteiger partial charge is 0.377 e. The molecule has 2 aromatic carbocycles. The van der Waals surface area contributed by atoms with E-state index in [-0.39, 0.29) is 17.8 Å². The minimum atomic E-state index is 0. The van der Waals surface area contributed by atoms with Gasteiger partial charge in [0.2, 0.25) is 0 Å². The van der Waals surface area contributed by atoms with Gasteiger partial charge >= 0.3 is 0 Å². The van der Waals surface area contributed by atoms with E-state index in [2.05, 4.69) is 75.5 Å². The van der Waals surface area contributed by atoms with Crippen molar-refractivity contribution in [1.82, 2.24) is 0 Å². The van der Waals surface area contributed by atoms with Gasteiger partial charge in [0.15, 0.2) is 0 Å². The highest BCUT2D eigenvalue weighted by molar-refractivity contribution is 5.85. The third kappa shape index (κ3) is 2.20. The summed E-state index contributed by atoms with van der Waals surface area (Å²) in [4.78, 5) is 0. The van der Waals surface area contributed by atoms with Crippen LogP contribution < -0.4 is 5.32 Å². The quantitative estimate of drug-likeness (QED) is 0.763. The van der Waals surface area contributed by atoms with E-state index in [0.717, 1.165) is 0 Å². The summed E-state index contributed by atoms with van der Waals surface area (Å²) in [5.74, 6) is 0. The van der Waals surface area contributed by atoms with Crippen LogP contribution in [0.25, 0.3) is 0 Å². The van der Waals surface area contributed by atoms with Crippen molar-refractivity contribution in [2.45, 2.75) is 39.2 Å². The molecule has 20 heavy (non-hydrogen) atoms. The Morgan fingerprint density at radius 1 is 1.00 bits per heavy atom. The SMILES string of the molecule is Cc1cc(C)c2c(c1)C(C)(C)C(c1ccccc1)N2.Cl. The second kappa shape index (κ2) is 5.14. The van der Waals surface area contributed by atoms with Crippen molar-refractivity contribution < 1.29 is 0 Å². The third-order valence-corrected chi connectivity index (χ3v) is 4.32. The predicted molar refractivity (Wildman–Crippen MR) is 89.0 cm³/mol. The Balaban J connectivity index is 0.00000147. The fourth-order valence-electron chi connectivity index (χ4n) is 3.29. The van der Waals surface area contributed by atoms with Crippen molar-refractivity contribution in [3.05, 3.63) is 64.7 Å². The Bertz CT molecular complexity index is 617. The van der Waals surface area contributed by atoms with E-state index >= 15 is 0 Å². The van der Waals surface area contributed by atoms with E-state index in [0.29, 0.717) is 6.04 Å². The van der Waals surface area contributed by atoms with Gasteiger partial charge in [0.05, 0.1) is 6.04 Å². The lowest BCUT2D eigenvalue weighted by Crippen LogP contribution is -2.25. The maximum atomic E-state index is 3.74. The number of rotatable bonds is 1. The molecule has 1 atom stereocenters. The summed E-state index contributed by atoms with van der Waals surface area (Å²) in [5, 5.41) is 3.74. The smallest absolute Gasteiger partial charge is 0.0606 e. The zero-order chi connectivity index (χ0) is 13.6. The fraction of sp³-hybridized carbons (Fsp3) is 0.333. The number of benzene rings is 2. The highest BCUT2D eigenvalue weighted by Gasteiger charge is 2.40. The molecule has 0 saturated heterocycles. The Kier molecular flexibility index (Phi) is 3.84. The van der Waals surface area contributed by atoms with Crippen LogP contribution in [0.2, 0.25) is 0 Å². The van der Waals surface area contributed by atoms with Gasteiger partial charge in [-0.15, -0.1) is 12.4 Å². The molecule has 1 aliphatic heterocycles. The molecule has 2 heteroatoms. The van der Waals surface area contributed by atoms with Gasteiger partial charge in [-0.2, -0.15) is 0 Å². The van der Waals surface area contributed by atoms with Gasteiger partial charge in [0.1, 0.15) is 0 Å². The number of fused-ring (bicyclic) bond motifs is 1. The van der Waals surface area contributed by atoms with Crippen molar-refractivity contribution in [3.8, 4) is 0 Å². The Labute approximate surface area is 127 Å². The predicted octanol–water partition coefficient (Wildman–Crippen LogP) is 5.17. The first-order valence-corrected chi connectivity index (χ1v) is 6.93. The van der Waals surface area contributed by atoms with Gasteiger partial charge in [-0.3, -0.25) is 0 Å². The normalized spacial score (nSPS) is 18.9. The van der Waals surface area contributed by atoms with Crippen LogP contribution in [0.4, 0.5) is 5.69 Å². The molecular weight excluding hydrogens is 266 g/mol. The van der Waals surface area contributed by atoms with E-state index in [9.17, 15) is 0 Å². The molecule has 1 unspecified atom stereocenters. The topological polar surface area (TPSA) is 12.0 Å². The highest BCUT2D eigenvalue weighted by Crippen LogP contribution is 2.49. The molecule has 0 amide bonds. The van der Waals surface area contributed by atoms with Crippen molar-refractivity contribution in [2.75, 3.05) is 5.32 Å². The molecular formula is C18H22ClN. The minimum absolute atomic E-state index is 0. The zero-order valence-corrected chi connectivity index (χ0v) is 13.3. The van der Waals surface area contributed by atoms with Crippen LogP contribution in [-0.2, 0) is 5.41 Å². The number of aryl methyl sites for hydroxylation is 2. The maximum Gasteiger partial charge on any atom is 0.0606 e. The molecule has 1 nitrogen and oxygen atoms in total. The lowest BCUT2D eigenvalue weighted by atomic mass is 9.77. The molecule has 1 aliphatic rings. The second-order valence-corrected chi connectivity index (χ2v) is 6.21. The van der Waals surface area contributed by atoms with Gasteiger partial charge in [-0.05, 0) is 30.5 Å². The second-order valence-electron chi connectivity index (χ2n) is 6.21. The van der Waals surface area contributed by atoms with Crippen LogP contribution in [0, 0.1) is 13.8 Å². The number of hydrogen-bond acceptors (Lipinski definition) is 1. The van der Waals surface area contributed by atoms with Crippen LogP contribution in [0.5, 0.6) is 0 Å². The average Bonchev–Trinajstić information content (AvgIpc) is 2.63. The van der Waals surface area contributed by atoms with Crippen LogP contribution in [0.1, 0.15) is 42.1 Å². The first kappa shape index (κ1) is 14.9. The molecule has 106 valence electrons. The van der Waals surface area contributed by atoms with Crippen molar-refractivity contribution in [1.29, 1.82) is 0 Å². The molecule has 0 fully saturated rings. The first-order valence-electron chi connectivity index (χ1n) is 6.93. The zero-order valence-electron chi connectivity index (χ0n) is 12.5. The summed E-state index contributed by atoms with van der Waals surface area (Å²) in [6.45, 7) is 9.05. The van der Waals surface area contributed by atoms with Crippen LogP contribution in [0.3, 0.4) is 0 Å². The molecule has 0 aromatic heterocycles. The molecule has 0 saturated carbocycles. The highest BCUT2D eigenvalue weighted by atomic mass is 35.5.